The van der Waals surface area contributed by atoms with Gasteiger partial charge in [0.05, 0.1) is 0 Å². The smallest absolute Gasteiger partial charge is 0.0471 e. The number of likely N-dealkylation sites (tertiary alicyclic amines) is 1. The molecule has 3 nitrogen and oxygen atoms in total. The first kappa shape index (κ1) is 12.0. The fourth-order valence-electron chi connectivity index (χ4n) is 1.85. The SMILES string of the molecule is CC(C)(C)NCCN1CCC(CO)C1. The van der Waals surface area contributed by atoms with Crippen LogP contribution in [0.25, 0.3) is 0 Å². The monoisotopic (exact) mass is 200 g/mol. The molecule has 1 rings (SSSR count). The highest BCUT2D eigenvalue weighted by molar-refractivity contribution is 4.77. The molecular weight excluding hydrogens is 176 g/mol. The fourth-order valence-corrected chi connectivity index (χ4v) is 1.85. The average Bonchev–Trinajstić information content (AvgIpc) is 2.50. The molecule has 0 spiro atoms. The zero-order valence-corrected chi connectivity index (χ0v) is 9.71. The zero-order valence-electron chi connectivity index (χ0n) is 9.71. The molecule has 0 radical (unpaired) electrons. The van der Waals surface area contributed by atoms with E-state index in [4.69, 9.17) is 5.11 Å². The summed E-state index contributed by atoms with van der Waals surface area (Å²) >= 11 is 0. The standard InChI is InChI=1S/C11H24N2O/c1-11(2,3)12-5-7-13-6-4-10(8-13)9-14/h10,12,14H,4-9H2,1-3H3. The summed E-state index contributed by atoms with van der Waals surface area (Å²) in [6.45, 7) is 11.3. The molecule has 1 fully saturated rings. The van der Waals surface area contributed by atoms with Gasteiger partial charge in [-0.3, -0.25) is 0 Å². The molecule has 2 N–H and O–H groups in total. The molecule has 0 aliphatic carbocycles. The van der Waals surface area contributed by atoms with Crippen molar-refractivity contribution in [1.82, 2.24) is 10.2 Å². The van der Waals surface area contributed by atoms with Gasteiger partial charge in [0.1, 0.15) is 0 Å². The molecule has 1 aliphatic heterocycles. The second-order valence-electron chi connectivity index (χ2n) is 5.31. The first-order valence-corrected chi connectivity index (χ1v) is 5.59. The van der Waals surface area contributed by atoms with Gasteiger partial charge in [0, 0.05) is 31.8 Å². The number of rotatable bonds is 4. The van der Waals surface area contributed by atoms with Crippen LogP contribution in [0.2, 0.25) is 0 Å². The molecule has 0 aromatic heterocycles. The number of aliphatic hydroxyl groups is 1. The van der Waals surface area contributed by atoms with Crippen LogP contribution in [-0.2, 0) is 0 Å². The zero-order chi connectivity index (χ0) is 10.6. The quantitative estimate of drug-likeness (QED) is 0.701. The van der Waals surface area contributed by atoms with E-state index in [-0.39, 0.29) is 5.54 Å². The van der Waals surface area contributed by atoms with E-state index in [1.165, 1.54) is 0 Å². The number of nitrogens with zero attached hydrogens (tertiary/aromatic N) is 1. The van der Waals surface area contributed by atoms with Crippen LogP contribution >= 0.6 is 0 Å². The lowest BCUT2D eigenvalue weighted by Crippen LogP contribution is -2.41. The molecule has 84 valence electrons. The van der Waals surface area contributed by atoms with Crippen LogP contribution < -0.4 is 5.32 Å². The van der Waals surface area contributed by atoms with Gasteiger partial charge in [-0.2, -0.15) is 0 Å². The highest BCUT2D eigenvalue weighted by Crippen LogP contribution is 2.14. The van der Waals surface area contributed by atoms with E-state index in [0.29, 0.717) is 12.5 Å². The highest BCUT2D eigenvalue weighted by atomic mass is 16.3. The van der Waals surface area contributed by atoms with Crippen LogP contribution in [0.15, 0.2) is 0 Å². The van der Waals surface area contributed by atoms with Gasteiger partial charge in [-0.05, 0) is 39.7 Å². The summed E-state index contributed by atoms with van der Waals surface area (Å²) in [4.78, 5) is 2.43. The third-order valence-corrected chi connectivity index (χ3v) is 2.71. The number of hydrogen-bond acceptors (Lipinski definition) is 3. The van der Waals surface area contributed by atoms with Crippen LogP contribution in [0, 0.1) is 5.92 Å². The van der Waals surface area contributed by atoms with Crippen molar-refractivity contribution in [3.05, 3.63) is 0 Å². The summed E-state index contributed by atoms with van der Waals surface area (Å²) < 4.78 is 0. The molecule has 1 heterocycles. The Bertz CT molecular complexity index is 165. The molecule has 0 aromatic rings. The molecule has 0 aromatic carbocycles. The van der Waals surface area contributed by atoms with Gasteiger partial charge in [-0.1, -0.05) is 0 Å². The normalized spacial score (nSPS) is 24.4. The predicted octanol–water partition coefficient (Wildman–Crippen LogP) is 0.689. The van der Waals surface area contributed by atoms with Crippen molar-refractivity contribution in [3.63, 3.8) is 0 Å². The lowest BCUT2D eigenvalue weighted by molar-refractivity contribution is 0.220. The van der Waals surface area contributed by atoms with Crippen molar-refractivity contribution in [2.45, 2.75) is 32.7 Å². The summed E-state index contributed by atoms with van der Waals surface area (Å²) in [5, 5.41) is 12.5. The van der Waals surface area contributed by atoms with Crippen LogP contribution in [-0.4, -0.2) is 48.3 Å². The number of hydrogen-bond donors (Lipinski definition) is 2. The number of nitrogens with one attached hydrogen (secondary N) is 1. The third kappa shape index (κ3) is 4.40. The first-order valence-electron chi connectivity index (χ1n) is 5.59. The van der Waals surface area contributed by atoms with Gasteiger partial charge in [0.25, 0.3) is 0 Å². The molecule has 14 heavy (non-hydrogen) atoms. The summed E-state index contributed by atoms with van der Waals surface area (Å²) in [5.41, 5.74) is 0.218. The minimum absolute atomic E-state index is 0.218. The van der Waals surface area contributed by atoms with Crippen molar-refractivity contribution in [2.75, 3.05) is 32.8 Å². The van der Waals surface area contributed by atoms with Crippen molar-refractivity contribution >= 4 is 0 Å². The molecule has 0 bridgehead atoms. The molecule has 1 saturated heterocycles. The van der Waals surface area contributed by atoms with E-state index >= 15 is 0 Å². The lowest BCUT2D eigenvalue weighted by Gasteiger charge is -2.23. The maximum Gasteiger partial charge on any atom is 0.0471 e. The summed E-state index contributed by atoms with van der Waals surface area (Å²) in [7, 11) is 0. The van der Waals surface area contributed by atoms with E-state index in [1.54, 1.807) is 0 Å². The Morgan fingerprint density at radius 3 is 2.64 bits per heavy atom. The maximum atomic E-state index is 9.00. The molecule has 0 amide bonds. The summed E-state index contributed by atoms with van der Waals surface area (Å²) in [5.74, 6) is 0.518. The van der Waals surface area contributed by atoms with E-state index in [2.05, 4.69) is 31.0 Å². The van der Waals surface area contributed by atoms with Gasteiger partial charge in [0.2, 0.25) is 0 Å². The Hall–Kier alpha value is -0.120. The molecule has 1 aliphatic rings. The van der Waals surface area contributed by atoms with Gasteiger partial charge in [-0.25, -0.2) is 0 Å². The van der Waals surface area contributed by atoms with Crippen molar-refractivity contribution in [2.24, 2.45) is 5.92 Å². The van der Waals surface area contributed by atoms with Gasteiger partial charge >= 0.3 is 0 Å². The van der Waals surface area contributed by atoms with E-state index in [1.807, 2.05) is 0 Å². The van der Waals surface area contributed by atoms with Gasteiger partial charge < -0.3 is 15.3 Å². The van der Waals surface area contributed by atoms with E-state index in [0.717, 1.165) is 32.6 Å². The first-order chi connectivity index (χ1) is 6.51. The summed E-state index contributed by atoms with van der Waals surface area (Å²) in [6, 6.07) is 0. The highest BCUT2D eigenvalue weighted by Gasteiger charge is 2.21. The Balaban J connectivity index is 2.09. The maximum absolute atomic E-state index is 9.00. The predicted molar refractivity (Wildman–Crippen MR) is 59.4 cm³/mol. The Kier molecular flexibility index (Phi) is 4.35. The molecule has 1 atom stereocenters. The molecule has 0 saturated carbocycles. The minimum atomic E-state index is 0.218. The minimum Gasteiger partial charge on any atom is -0.396 e. The molecule has 3 heteroatoms. The van der Waals surface area contributed by atoms with Crippen LogP contribution in [0.1, 0.15) is 27.2 Å². The lowest BCUT2D eigenvalue weighted by atomic mass is 10.1. The Labute approximate surface area is 87.5 Å². The number of aliphatic hydroxyl groups excluding tert-OH is 1. The van der Waals surface area contributed by atoms with Gasteiger partial charge in [0.15, 0.2) is 0 Å². The average molecular weight is 200 g/mol. The summed E-state index contributed by atoms with van der Waals surface area (Å²) in [6.07, 6.45) is 1.16. The van der Waals surface area contributed by atoms with Crippen LogP contribution in [0.5, 0.6) is 0 Å². The fraction of sp³-hybridized carbons (Fsp3) is 1.00. The van der Waals surface area contributed by atoms with E-state index < -0.39 is 0 Å². The Morgan fingerprint density at radius 2 is 2.14 bits per heavy atom. The Morgan fingerprint density at radius 1 is 1.43 bits per heavy atom. The van der Waals surface area contributed by atoms with Crippen LogP contribution in [0.4, 0.5) is 0 Å². The van der Waals surface area contributed by atoms with Crippen molar-refractivity contribution < 1.29 is 5.11 Å². The van der Waals surface area contributed by atoms with E-state index in [9.17, 15) is 0 Å². The van der Waals surface area contributed by atoms with Gasteiger partial charge in [-0.15, -0.1) is 0 Å². The topological polar surface area (TPSA) is 35.5 Å². The molecule has 1 unspecified atom stereocenters. The molecular formula is C11H24N2O. The second kappa shape index (κ2) is 5.10. The second-order valence-corrected chi connectivity index (χ2v) is 5.31. The third-order valence-electron chi connectivity index (χ3n) is 2.71. The van der Waals surface area contributed by atoms with Crippen molar-refractivity contribution in [1.29, 1.82) is 0 Å². The van der Waals surface area contributed by atoms with Crippen LogP contribution in [0.3, 0.4) is 0 Å². The van der Waals surface area contributed by atoms with Crippen molar-refractivity contribution in [3.8, 4) is 0 Å². The largest absolute Gasteiger partial charge is 0.396 e.